The molecule has 0 heterocycles. The fraction of sp³-hybridized carbons (Fsp3) is 0.118. The molecule has 0 aromatic heterocycles. The van der Waals surface area contributed by atoms with E-state index in [1.807, 2.05) is 66.7 Å². The number of Topliss-reactive ketones (excluding diaryl/α,β-unsaturated/α-hetero) is 1. The highest BCUT2D eigenvalue weighted by atomic mass is 31.2. The molecule has 0 unspecified atom stereocenters. The van der Waals surface area contributed by atoms with E-state index in [-0.39, 0.29) is 5.78 Å². The minimum absolute atomic E-state index is 0.0149. The second-order valence-electron chi connectivity index (χ2n) is 4.83. The van der Waals surface area contributed by atoms with Crippen molar-refractivity contribution in [2.75, 3.05) is 0 Å². The molecule has 2 nitrogen and oxygen atoms in total. The van der Waals surface area contributed by atoms with Gasteiger partial charge in [-0.25, -0.2) is 0 Å². The number of rotatable bonds is 3. The van der Waals surface area contributed by atoms with Crippen molar-refractivity contribution in [3.8, 4) is 0 Å². The summed E-state index contributed by atoms with van der Waals surface area (Å²) >= 11 is 0. The highest BCUT2D eigenvalue weighted by molar-refractivity contribution is 7.83. The first-order valence-electron chi connectivity index (χ1n) is 6.68. The van der Waals surface area contributed by atoms with Crippen LogP contribution in [0, 0.1) is 0 Å². The lowest BCUT2D eigenvalue weighted by atomic mass is 10.3. The maximum absolute atomic E-state index is 13.7. The van der Waals surface area contributed by atoms with E-state index in [4.69, 9.17) is 0 Å². The van der Waals surface area contributed by atoms with Gasteiger partial charge in [0, 0.05) is 17.0 Å². The molecule has 0 N–H and O–H groups in total. The molecule has 0 bridgehead atoms. The van der Waals surface area contributed by atoms with Gasteiger partial charge in [-0.15, -0.1) is 0 Å². The lowest BCUT2D eigenvalue weighted by molar-refractivity contribution is -0.114. The number of carbonyl (C=O) groups excluding carboxylic acids is 1. The summed E-state index contributed by atoms with van der Waals surface area (Å²) in [5.41, 5.74) is 0. The number of hydrogen-bond acceptors (Lipinski definition) is 2. The van der Waals surface area contributed by atoms with Gasteiger partial charge in [-0.05, 0) is 6.42 Å². The van der Waals surface area contributed by atoms with Crippen LogP contribution in [0.15, 0.2) is 72.1 Å². The van der Waals surface area contributed by atoms with E-state index >= 15 is 0 Å². The molecule has 0 spiro atoms. The van der Waals surface area contributed by atoms with Crippen molar-refractivity contribution in [3.05, 3.63) is 72.1 Å². The number of ketones is 1. The van der Waals surface area contributed by atoms with Crippen LogP contribution in [0.1, 0.15) is 12.8 Å². The molecule has 0 saturated carbocycles. The van der Waals surface area contributed by atoms with Crippen molar-refractivity contribution in [3.63, 3.8) is 0 Å². The zero-order valence-electron chi connectivity index (χ0n) is 11.0. The summed E-state index contributed by atoms with van der Waals surface area (Å²) in [6.45, 7) is 0. The zero-order valence-corrected chi connectivity index (χ0v) is 11.9. The maximum atomic E-state index is 13.7. The van der Waals surface area contributed by atoms with Gasteiger partial charge in [-0.1, -0.05) is 66.7 Å². The largest absolute Gasteiger partial charge is 0.309 e. The molecule has 3 rings (SSSR count). The highest BCUT2D eigenvalue weighted by Crippen LogP contribution is 2.54. The minimum Gasteiger partial charge on any atom is -0.309 e. The molecule has 2 aromatic rings. The van der Waals surface area contributed by atoms with Crippen LogP contribution in [0.25, 0.3) is 0 Å². The summed E-state index contributed by atoms with van der Waals surface area (Å²) in [6, 6.07) is 18.6. The fourth-order valence-corrected chi connectivity index (χ4v) is 5.48. The lowest BCUT2D eigenvalue weighted by Gasteiger charge is -2.19. The predicted octanol–water partition coefficient (Wildman–Crippen LogP) is 3.25. The third-order valence-corrected chi connectivity index (χ3v) is 6.73. The number of carbonyl (C=O) groups is 1. The molecular formula is C17H15O2P. The average molecular weight is 282 g/mol. The van der Waals surface area contributed by atoms with Gasteiger partial charge >= 0.3 is 0 Å². The minimum atomic E-state index is -3.02. The van der Waals surface area contributed by atoms with Crippen LogP contribution in [0.3, 0.4) is 0 Å². The third-order valence-electron chi connectivity index (χ3n) is 3.57. The smallest absolute Gasteiger partial charge is 0.174 e. The van der Waals surface area contributed by atoms with Crippen LogP contribution in [-0.4, -0.2) is 5.78 Å². The van der Waals surface area contributed by atoms with Gasteiger partial charge in [-0.3, -0.25) is 4.79 Å². The van der Waals surface area contributed by atoms with Gasteiger partial charge < -0.3 is 4.57 Å². The molecule has 0 aliphatic heterocycles. The Balaban J connectivity index is 2.24. The van der Waals surface area contributed by atoms with Crippen LogP contribution in [0.2, 0.25) is 0 Å². The molecule has 2 aromatic carbocycles. The standard InChI is InChI=1S/C17H15O2P/c18-16-12-7-13-17(16)20(19,14-8-3-1-4-9-14)15-10-5-2-6-11-15/h1-6,8-11,13H,7,12H2. The Kier molecular flexibility index (Phi) is 3.42. The van der Waals surface area contributed by atoms with Crippen molar-refractivity contribution in [1.82, 2.24) is 0 Å². The molecule has 0 radical (unpaired) electrons. The van der Waals surface area contributed by atoms with Gasteiger partial charge in [0.25, 0.3) is 0 Å². The van der Waals surface area contributed by atoms with Crippen LogP contribution in [0.5, 0.6) is 0 Å². The molecule has 0 atom stereocenters. The number of hydrogen-bond donors (Lipinski definition) is 0. The molecule has 20 heavy (non-hydrogen) atoms. The second kappa shape index (κ2) is 5.22. The molecule has 1 aliphatic rings. The quantitative estimate of drug-likeness (QED) is 0.810. The van der Waals surface area contributed by atoms with Gasteiger partial charge in [0.2, 0.25) is 0 Å². The predicted molar refractivity (Wildman–Crippen MR) is 82.1 cm³/mol. The topological polar surface area (TPSA) is 34.1 Å². The molecule has 3 heteroatoms. The van der Waals surface area contributed by atoms with Crippen LogP contribution >= 0.6 is 7.14 Å². The summed E-state index contributed by atoms with van der Waals surface area (Å²) in [7, 11) is -3.02. The first-order valence-corrected chi connectivity index (χ1v) is 8.39. The molecule has 1 aliphatic carbocycles. The molecule has 0 amide bonds. The Hall–Kier alpha value is -1.92. The van der Waals surface area contributed by atoms with Crippen LogP contribution < -0.4 is 10.6 Å². The number of allylic oxidation sites excluding steroid dienone is 2. The SMILES string of the molecule is O=C1CCC=C1P(=O)(c1ccccc1)c1ccccc1. The molecular weight excluding hydrogens is 267 g/mol. The Morgan fingerprint density at radius 1 is 0.800 bits per heavy atom. The van der Waals surface area contributed by atoms with E-state index in [0.717, 1.165) is 10.6 Å². The van der Waals surface area contributed by atoms with Gasteiger partial charge in [0.05, 0.1) is 5.31 Å². The van der Waals surface area contributed by atoms with Crippen molar-refractivity contribution >= 4 is 23.5 Å². The summed E-state index contributed by atoms with van der Waals surface area (Å²) < 4.78 is 13.7. The summed E-state index contributed by atoms with van der Waals surface area (Å²) in [4.78, 5) is 12.1. The Bertz CT molecular complexity index is 659. The van der Waals surface area contributed by atoms with Crippen molar-refractivity contribution < 1.29 is 9.36 Å². The lowest BCUT2D eigenvalue weighted by Crippen LogP contribution is -2.19. The van der Waals surface area contributed by atoms with E-state index in [1.165, 1.54) is 0 Å². The third kappa shape index (κ3) is 2.07. The fourth-order valence-electron chi connectivity index (χ4n) is 2.59. The van der Waals surface area contributed by atoms with E-state index in [9.17, 15) is 9.36 Å². The normalized spacial score (nSPS) is 15.2. The Morgan fingerprint density at radius 2 is 1.30 bits per heavy atom. The van der Waals surface area contributed by atoms with E-state index in [2.05, 4.69) is 0 Å². The van der Waals surface area contributed by atoms with Crippen molar-refractivity contribution in [2.24, 2.45) is 0 Å². The second-order valence-corrected chi connectivity index (χ2v) is 7.56. The maximum Gasteiger partial charge on any atom is 0.174 e. The van der Waals surface area contributed by atoms with Gasteiger partial charge in [0.15, 0.2) is 12.9 Å². The Labute approximate surface area is 118 Å². The van der Waals surface area contributed by atoms with Gasteiger partial charge in [-0.2, -0.15) is 0 Å². The molecule has 0 saturated heterocycles. The monoisotopic (exact) mass is 282 g/mol. The average Bonchev–Trinajstić information content (AvgIpc) is 2.95. The zero-order chi connectivity index (χ0) is 14.0. The number of benzene rings is 2. The first kappa shape index (κ1) is 13.1. The van der Waals surface area contributed by atoms with E-state index in [0.29, 0.717) is 18.2 Å². The highest BCUT2D eigenvalue weighted by Gasteiger charge is 2.37. The van der Waals surface area contributed by atoms with Crippen molar-refractivity contribution in [2.45, 2.75) is 12.8 Å². The summed E-state index contributed by atoms with van der Waals surface area (Å²) in [5, 5.41) is 1.95. The summed E-state index contributed by atoms with van der Waals surface area (Å²) in [5.74, 6) is 0.0149. The van der Waals surface area contributed by atoms with Crippen LogP contribution in [0.4, 0.5) is 0 Å². The van der Waals surface area contributed by atoms with E-state index < -0.39 is 7.14 Å². The van der Waals surface area contributed by atoms with Crippen molar-refractivity contribution in [1.29, 1.82) is 0 Å². The van der Waals surface area contributed by atoms with E-state index in [1.54, 1.807) is 0 Å². The molecule has 0 fully saturated rings. The first-order chi connectivity index (χ1) is 9.73. The Morgan fingerprint density at radius 3 is 1.70 bits per heavy atom. The van der Waals surface area contributed by atoms with Crippen LogP contribution in [-0.2, 0) is 9.36 Å². The van der Waals surface area contributed by atoms with Gasteiger partial charge in [0.1, 0.15) is 0 Å². The summed E-state index contributed by atoms with van der Waals surface area (Å²) in [6.07, 6.45) is 3.01. The molecule has 100 valence electrons.